The highest BCUT2D eigenvalue weighted by molar-refractivity contribution is 5.78. The van der Waals surface area contributed by atoms with E-state index in [1.165, 1.54) is 25.4 Å². The number of aromatic nitrogens is 3. The topological polar surface area (TPSA) is 85.1 Å². The van der Waals surface area contributed by atoms with Crippen LogP contribution in [0.25, 0.3) is 22.3 Å². The summed E-state index contributed by atoms with van der Waals surface area (Å²) in [6, 6.07) is 7.96. The van der Waals surface area contributed by atoms with Crippen molar-refractivity contribution in [2.24, 2.45) is 0 Å². The van der Waals surface area contributed by atoms with Gasteiger partial charge in [0.1, 0.15) is 11.9 Å². The predicted molar refractivity (Wildman–Crippen MR) is 81.5 cm³/mol. The van der Waals surface area contributed by atoms with E-state index in [0.717, 1.165) is 4.57 Å². The Bertz CT molecular complexity index is 951. The van der Waals surface area contributed by atoms with Crippen molar-refractivity contribution in [2.75, 3.05) is 0 Å². The van der Waals surface area contributed by atoms with Crippen LogP contribution in [0, 0.1) is 5.82 Å². The van der Waals surface area contributed by atoms with Crippen molar-refractivity contribution in [1.29, 1.82) is 0 Å². The summed E-state index contributed by atoms with van der Waals surface area (Å²) < 4.78 is 14.0. The van der Waals surface area contributed by atoms with Crippen LogP contribution in [0.15, 0.2) is 47.5 Å². The molecule has 0 aliphatic rings. The molecule has 0 spiro atoms. The molecular weight excluding hydrogens is 301 g/mol. The van der Waals surface area contributed by atoms with Crippen LogP contribution in [-0.4, -0.2) is 25.6 Å². The fraction of sp³-hybridized carbons (Fsp3) is 0.125. The maximum atomic E-state index is 13.0. The Hall–Kier alpha value is -3.09. The van der Waals surface area contributed by atoms with Crippen LogP contribution >= 0.6 is 0 Å². The van der Waals surface area contributed by atoms with Gasteiger partial charge in [0.15, 0.2) is 5.52 Å². The second-order valence-electron chi connectivity index (χ2n) is 5.04. The van der Waals surface area contributed by atoms with Gasteiger partial charge in [-0.3, -0.25) is 9.36 Å². The van der Waals surface area contributed by atoms with Crippen LogP contribution in [0.4, 0.5) is 4.39 Å². The summed E-state index contributed by atoms with van der Waals surface area (Å²) in [6.07, 6.45) is 1.20. The van der Waals surface area contributed by atoms with Gasteiger partial charge >= 0.3 is 5.97 Å². The molecule has 0 aliphatic carbocycles. The summed E-state index contributed by atoms with van der Waals surface area (Å²) in [5.41, 5.74) is 1.04. The van der Waals surface area contributed by atoms with Gasteiger partial charge in [0, 0.05) is 5.56 Å². The van der Waals surface area contributed by atoms with E-state index < -0.39 is 17.6 Å². The van der Waals surface area contributed by atoms with Gasteiger partial charge in [-0.2, -0.15) is 0 Å². The SMILES string of the molecule is CC(C(=O)O)n1cnc2ccc(-c3ccc(F)cc3)nc2c1=O. The van der Waals surface area contributed by atoms with E-state index in [0.29, 0.717) is 16.8 Å². The van der Waals surface area contributed by atoms with E-state index >= 15 is 0 Å². The Labute approximate surface area is 129 Å². The van der Waals surface area contributed by atoms with Crippen LogP contribution in [0.3, 0.4) is 0 Å². The molecule has 0 saturated heterocycles. The molecule has 3 aromatic rings. The molecule has 6 nitrogen and oxygen atoms in total. The quantitative estimate of drug-likeness (QED) is 0.801. The summed E-state index contributed by atoms with van der Waals surface area (Å²) in [7, 11) is 0. The first kappa shape index (κ1) is 14.8. The Morgan fingerprint density at radius 2 is 1.91 bits per heavy atom. The molecule has 23 heavy (non-hydrogen) atoms. The number of pyridine rings is 1. The monoisotopic (exact) mass is 313 g/mol. The number of nitrogens with zero attached hydrogens (tertiary/aromatic N) is 3. The molecule has 1 N–H and O–H groups in total. The number of halogens is 1. The largest absolute Gasteiger partial charge is 0.480 e. The second kappa shape index (κ2) is 5.60. The van der Waals surface area contributed by atoms with E-state index in [2.05, 4.69) is 9.97 Å². The van der Waals surface area contributed by atoms with Crippen molar-refractivity contribution in [3.8, 4) is 11.3 Å². The fourth-order valence-electron chi connectivity index (χ4n) is 2.19. The fourth-order valence-corrected chi connectivity index (χ4v) is 2.19. The zero-order valence-corrected chi connectivity index (χ0v) is 12.1. The van der Waals surface area contributed by atoms with E-state index in [1.807, 2.05) is 0 Å². The highest BCUT2D eigenvalue weighted by atomic mass is 19.1. The molecule has 0 bridgehead atoms. The number of carboxylic acid groups (broad SMARTS) is 1. The van der Waals surface area contributed by atoms with Crippen LogP contribution < -0.4 is 5.56 Å². The first-order chi connectivity index (χ1) is 11.0. The molecule has 0 amide bonds. The van der Waals surface area contributed by atoms with Gasteiger partial charge in [0.05, 0.1) is 17.5 Å². The van der Waals surface area contributed by atoms with Crippen LogP contribution in [-0.2, 0) is 4.79 Å². The minimum atomic E-state index is -1.14. The molecule has 0 saturated carbocycles. The van der Waals surface area contributed by atoms with Gasteiger partial charge in [-0.25, -0.2) is 19.2 Å². The van der Waals surface area contributed by atoms with Crippen molar-refractivity contribution in [3.63, 3.8) is 0 Å². The highest BCUT2D eigenvalue weighted by Crippen LogP contribution is 2.19. The van der Waals surface area contributed by atoms with Crippen LogP contribution in [0.5, 0.6) is 0 Å². The first-order valence-electron chi connectivity index (χ1n) is 6.84. The number of hydrogen-bond donors (Lipinski definition) is 1. The lowest BCUT2D eigenvalue weighted by atomic mass is 10.1. The molecule has 1 unspecified atom stereocenters. The maximum Gasteiger partial charge on any atom is 0.326 e. The second-order valence-corrected chi connectivity index (χ2v) is 5.04. The standard InChI is InChI=1S/C16H12FN3O3/c1-9(16(22)23)20-8-18-13-7-6-12(19-14(13)15(20)21)10-2-4-11(17)5-3-10/h2-9H,1H3,(H,22,23). The number of benzene rings is 1. The number of carboxylic acids is 1. The average Bonchev–Trinajstić information content (AvgIpc) is 2.55. The zero-order valence-electron chi connectivity index (χ0n) is 12.1. The summed E-state index contributed by atoms with van der Waals surface area (Å²) in [6.45, 7) is 1.39. The normalized spacial score (nSPS) is 12.3. The Morgan fingerprint density at radius 3 is 2.57 bits per heavy atom. The lowest BCUT2D eigenvalue weighted by Gasteiger charge is -2.10. The maximum absolute atomic E-state index is 13.0. The van der Waals surface area contributed by atoms with Crippen LogP contribution in [0.2, 0.25) is 0 Å². The van der Waals surface area contributed by atoms with E-state index in [-0.39, 0.29) is 11.3 Å². The Morgan fingerprint density at radius 1 is 1.22 bits per heavy atom. The predicted octanol–water partition coefficient (Wildman–Crippen LogP) is 2.24. The third kappa shape index (κ3) is 2.68. The van der Waals surface area contributed by atoms with Gasteiger partial charge in [-0.1, -0.05) is 0 Å². The van der Waals surface area contributed by atoms with Gasteiger partial charge < -0.3 is 5.11 Å². The third-order valence-electron chi connectivity index (χ3n) is 3.55. The number of hydrogen-bond acceptors (Lipinski definition) is 4. The lowest BCUT2D eigenvalue weighted by molar-refractivity contribution is -0.140. The number of aliphatic carboxylic acids is 1. The van der Waals surface area contributed by atoms with Crippen molar-refractivity contribution in [2.45, 2.75) is 13.0 Å². The van der Waals surface area contributed by atoms with Gasteiger partial charge in [-0.15, -0.1) is 0 Å². The first-order valence-corrected chi connectivity index (χ1v) is 6.84. The van der Waals surface area contributed by atoms with Gasteiger partial charge in [0.25, 0.3) is 5.56 Å². The summed E-state index contributed by atoms with van der Waals surface area (Å²) in [4.78, 5) is 31.9. The van der Waals surface area contributed by atoms with Gasteiger partial charge in [0.2, 0.25) is 0 Å². The number of fused-ring (bicyclic) bond motifs is 1. The van der Waals surface area contributed by atoms with Crippen LogP contribution in [0.1, 0.15) is 13.0 Å². The van der Waals surface area contributed by atoms with Crippen molar-refractivity contribution in [1.82, 2.24) is 14.5 Å². The average molecular weight is 313 g/mol. The van der Waals surface area contributed by atoms with Crippen molar-refractivity contribution < 1.29 is 14.3 Å². The lowest BCUT2D eigenvalue weighted by Crippen LogP contribution is -2.28. The Balaban J connectivity index is 2.18. The van der Waals surface area contributed by atoms with E-state index in [1.54, 1.807) is 24.3 Å². The molecule has 0 radical (unpaired) electrons. The molecule has 3 rings (SSSR count). The van der Waals surface area contributed by atoms with Crippen molar-refractivity contribution in [3.05, 3.63) is 58.9 Å². The summed E-state index contributed by atoms with van der Waals surface area (Å²) in [5.74, 6) is -1.50. The molecule has 7 heteroatoms. The molecule has 0 aliphatic heterocycles. The number of carbonyl (C=O) groups is 1. The molecule has 0 fully saturated rings. The molecular formula is C16H12FN3O3. The highest BCUT2D eigenvalue weighted by Gasteiger charge is 2.17. The number of rotatable bonds is 3. The molecule has 1 aromatic carbocycles. The zero-order chi connectivity index (χ0) is 16.6. The minimum Gasteiger partial charge on any atom is -0.480 e. The minimum absolute atomic E-state index is 0.0717. The molecule has 2 aromatic heterocycles. The molecule has 2 heterocycles. The molecule has 116 valence electrons. The molecule has 1 atom stereocenters. The van der Waals surface area contributed by atoms with Gasteiger partial charge in [-0.05, 0) is 43.3 Å². The van der Waals surface area contributed by atoms with E-state index in [9.17, 15) is 14.0 Å². The summed E-state index contributed by atoms with van der Waals surface area (Å²) in [5, 5.41) is 9.05. The summed E-state index contributed by atoms with van der Waals surface area (Å²) >= 11 is 0. The smallest absolute Gasteiger partial charge is 0.326 e. The van der Waals surface area contributed by atoms with E-state index in [4.69, 9.17) is 5.11 Å². The van der Waals surface area contributed by atoms with Crippen molar-refractivity contribution >= 4 is 17.0 Å². The Kier molecular flexibility index (Phi) is 3.61. The third-order valence-corrected chi connectivity index (χ3v) is 3.55.